The van der Waals surface area contributed by atoms with E-state index in [0.717, 1.165) is 23.2 Å². The third kappa shape index (κ3) is 5.63. The number of fused-ring (bicyclic) bond motifs is 3. The molecule has 0 aromatic heterocycles. The van der Waals surface area contributed by atoms with Gasteiger partial charge in [0.05, 0.1) is 22.4 Å². The van der Waals surface area contributed by atoms with E-state index >= 15 is 0 Å². The topological polar surface area (TPSA) is 77.0 Å². The lowest BCUT2D eigenvalue weighted by Crippen LogP contribution is -2.28. The van der Waals surface area contributed by atoms with Gasteiger partial charge in [0.15, 0.2) is 11.5 Å². The number of methoxy groups -OCH3 is 1. The molecule has 1 aliphatic carbocycles. The average molecular weight is 677 g/mol. The van der Waals surface area contributed by atoms with Crippen LogP contribution in [0.3, 0.4) is 0 Å². The maximum atomic E-state index is 12.9. The second-order valence-corrected chi connectivity index (χ2v) is 13.0. The van der Waals surface area contributed by atoms with Crippen molar-refractivity contribution < 1.29 is 17.3 Å². The summed E-state index contributed by atoms with van der Waals surface area (Å²) in [6, 6.07) is 27.2. The van der Waals surface area contributed by atoms with Crippen molar-refractivity contribution in [3.05, 3.63) is 123 Å². The first-order chi connectivity index (χ1) is 19.8. The fraction of sp³-hybridized carbons (Fsp3) is 0.182. The Kier molecular flexibility index (Phi) is 7.61. The first-order valence-corrected chi connectivity index (χ1v) is 15.9. The highest BCUT2D eigenvalue weighted by Gasteiger charge is 2.37. The highest BCUT2D eigenvalue weighted by Crippen LogP contribution is 2.49. The summed E-state index contributed by atoms with van der Waals surface area (Å²) >= 11 is 2.05. The number of nitrogens with zero attached hydrogens (tertiary/aromatic N) is 1. The zero-order chi connectivity index (χ0) is 28.6. The first kappa shape index (κ1) is 27.5. The summed E-state index contributed by atoms with van der Waals surface area (Å²) in [5, 5.41) is 3.77. The van der Waals surface area contributed by atoms with E-state index in [0.29, 0.717) is 21.2 Å². The van der Waals surface area contributed by atoms with Crippen molar-refractivity contribution in [3.63, 3.8) is 0 Å². The Morgan fingerprint density at radius 1 is 1.00 bits per heavy atom. The van der Waals surface area contributed by atoms with Crippen molar-refractivity contribution in [2.45, 2.75) is 30.2 Å². The lowest BCUT2D eigenvalue weighted by atomic mass is 9.77. The summed E-state index contributed by atoms with van der Waals surface area (Å²) in [5.41, 5.74) is 6.37. The minimum absolute atomic E-state index is 0.0855. The molecule has 0 amide bonds. The van der Waals surface area contributed by atoms with E-state index in [-0.39, 0.29) is 16.7 Å². The second-order valence-electron chi connectivity index (χ2n) is 10.3. The highest BCUT2D eigenvalue weighted by atomic mass is 127. The zero-order valence-corrected chi connectivity index (χ0v) is 25.6. The molecule has 2 aliphatic rings. The van der Waals surface area contributed by atoms with Gasteiger partial charge >= 0.3 is 10.1 Å². The molecule has 0 saturated heterocycles. The smallest absolute Gasteiger partial charge is 0.339 e. The predicted molar refractivity (Wildman–Crippen MR) is 171 cm³/mol. The molecule has 3 atom stereocenters. The van der Waals surface area contributed by atoms with Crippen LogP contribution in [0.25, 0.3) is 0 Å². The van der Waals surface area contributed by atoms with Gasteiger partial charge in [0.25, 0.3) is 0 Å². The second kappa shape index (κ2) is 11.3. The number of nitrogens with one attached hydrogen (secondary N) is 1. The third-order valence-corrected chi connectivity index (χ3v) is 9.68. The van der Waals surface area contributed by atoms with Gasteiger partial charge in [-0.25, -0.2) is 0 Å². The van der Waals surface area contributed by atoms with Crippen molar-refractivity contribution in [2.75, 3.05) is 12.4 Å². The van der Waals surface area contributed by atoms with Crippen molar-refractivity contribution >= 4 is 50.3 Å². The Morgan fingerprint density at radius 3 is 2.51 bits per heavy atom. The van der Waals surface area contributed by atoms with Crippen LogP contribution in [-0.2, 0) is 10.1 Å². The number of anilines is 1. The van der Waals surface area contributed by atoms with Gasteiger partial charge in [-0.15, -0.1) is 0 Å². The molecule has 0 radical (unpaired) electrons. The molecule has 0 fully saturated rings. The van der Waals surface area contributed by atoms with Crippen LogP contribution in [0.2, 0.25) is 0 Å². The summed E-state index contributed by atoms with van der Waals surface area (Å²) < 4.78 is 37.3. The van der Waals surface area contributed by atoms with Crippen LogP contribution in [0.5, 0.6) is 11.5 Å². The summed E-state index contributed by atoms with van der Waals surface area (Å²) in [6.45, 7) is 1.90. The van der Waals surface area contributed by atoms with Gasteiger partial charge in [-0.05, 0) is 101 Å². The van der Waals surface area contributed by atoms with Crippen LogP contribution >= 0.6 is 22.6 Å². The molecule has 41 heavy (non-hydrogen) atoms. The van der Waals surface area contributed by atoms with Crippen molar-refractivity contribution in [2.24, 2.45) is 10.9 Å². The van der Waals surface area contributed by atoms with E-state index in [4.69, 9.17) is 8.92 Å². The maximum absolute atomic E-state index is 12.9. The SMILES string of the molecule is COc1cc(C=Nc2ccc([C@@H]3Nc4ccccc4[C@@H]4C=CC[C@H]43)cc2)cc(I)c1OS(=O)(=O)c1ccc(C)cc1. The molecule has 1 aliphatic heterocycles. The molecule has 1 heterocycles. The number of aryl methyl sites for hydroxylation is 1. The largest absolute Gasteiger partial charge is 0.493 e. The minimum Gasteiger partial charge on any atom is -0.493 e. The van der Waals surface area contributed by atoms with Gasteiger partial charge in [-0.2, -0.15) is 8.42 Å². The monoisotopic (exact) mass is 676 g/mol. The number of hydrogen-bond donors (Lipinski definition) is 1. The number of aliphatic imine (C=N–C) groups is 1. The molecule has 0 bridgehead atoms. The Labute approximate surface area is 254 Å². The van der Waals surface area contributed by atoms with Gasteiger partial charge in [-0.3, -0.25) is 4.99 Å². The standard InChI is InChI=1S/C33H29IN2O4S/c1-21-10-16-25(17-11-21)41(37,38)40-33-29(34)18-22(19-31(33)39-2)20-35-24-14-12-23(13-15-24)32-28-8-5-7-26(28)27-6-3-4-9-30(27)36-32/h3-7,9-20,26,28,32,36H,8H2,1-2H3/t26-,28+,32-/m0/s1. The lowest BCUT2D eigenvalue weighted by molar-refractivity contribution is 0.389. The molecule has 1 N–H and O–H groups in total. The minimum atomic E-state index is -4.02. The number of allylic oxidation sites excluding steroid dienone is 2. The quantitative estimate of drug-likeness (QED) is 0.0931. The summed E-state index contributed by atoms with van der Waals surface area (Å²) in [4.78, 5) is 4.75. The van der Waals surface area contributed by atoms with Crippen molar-refractivity contribution in [1.82, 2.24) is 0 Å². The molecule has 6 nitrogen and oxygen atoms in total. The third-order valence-electron chi connectivity index (χ3n) is 7.64. The fourth-order valence-corrected chi connectivity index (χ4v) is 7.39. The van der Waals surface area contributed by atoms with E-state index < -0.39 is 10.1 Å². The van der Waals surface area contributed by atoms with Crippen molar-refractivity contribution in [3.8, 4) is 11.5 Å². The maximum Gasteiger partial charge on any atom is 0.339 e. The van der Waals surface area contributed by atoms with Crippen LogP contribution < -0.4 is 14.2 Å². The molecular formula is C33H29IN2O4S. The number of rotatable bonds is 7. The predicted octanol–water partition coefficient (Wildman–Crippen LogP) is 7.95. The number of ether oxygens (including phenoxy) is 1. The number of hydrogen-bond acceptors (Lipinski definition) is 6. The molecule has 4 aromatic carbocycles. The van der Waals surface area contributed by atoms with Gasteiger partial charge in [0.2, 0.25) is 0 Å². The molecule has 208 valence electrons. The molecule has 6 rings (SSSR count). The Hall–Kier alpha value is -3.63. The molecule has 8 heteroatoms. The van der Waals surface area contributed by atoms with E-state index in [1.54, 1.807) is 24.4 Å². The Morgan fingerprint density at radius 2 is 1.76 bits per heavy atom. The number of para-hydroxylation sites is 1. The van der Waals surface area contributed by atoms with Crippen LogP contribution in [0.1, 0.15) is 40.6 Å². The van der Waals surface area contributed by atoms with Crippen LogP contribution in [0.15, 0.2) is 107 Å². The normalized spacial score (nSPS) is 19.4. The van der Waals surface area contributed by atoms with E-state index in [1.165, 1.54) is 36.1 Å². The summed E-state index contributed by atoms with van der Waals surface area (Å²) in [5.74, 6) is 1.39. The summed E-state index contributed by atoms with van der Waals surface area (Å²) in [7, 11) is -2.53. The first-order valence-electron chi connectivity index (χ1n) is 13.4. The lowest BCUT2D eigenvalue weighted by Gasteiger charge is -2.37. The molecular weight excluding hydrogens is 647 g/mol. The van der Waals surface area contributed by atoms with Gasteiger partial charge in [0, 0.05) is 17.8 Å². The van der Waals surface area contributed by atoms with Gasteiger partial charge in [-0.1, -0.05) is 60.2 Å². The zero-order valence-electron chi connectivity index (χ0n) is 22.6. The molecule has 0 unspecified atom stereocenters. The van der Waals surface area contributed by atoms with E-state index in [1.807, 2.05) is 25.1 Å². The average Bonchev–Trinajstić information content (AvgIpc) is 3.48. The van der Waals surface area contributed by atoms with Crippen LogP contribution in [0, 0.1) is 16.4 Å². The number of halogens is 1. The number of benzene rings is 4. The van der Waals surface area contributed by atoms with E-state index in [9.17, 15) is 8.42 Å². The molecule has 0 saturated carbocycles. The Balaban J connectivity index is 1.20. The van der Waals surface area contributed by atoms with Gasteiger partial charge < -0.3 is 14.2 Å². The summed E-state index contributed by atoms with van der Waals surface area (Å²) in [6.07, 6.45) is 7.45. The fourth-order valence-electron chi connectivity index (χ4n) is 5.55. The highest BCUT2D eigenvalue weighted by molar-refractivity contribution is 14.1. The van der Waals surface area contributed by atoms with Crippen LogP contribution in [-0.4, -0.2) is 21.7 Å². The van der Waals surface area contributed by atoms with Crippen molar-refractivity contribution in [1.29, 1.82) is 0 Å². The van der Waals surface area contributed by atoms with E-state index in [2.05, 4.69) is 81.5 Å². The molecule has 0 spiro atoms. The van der Waals surface area contributed by atoms with Gasteiger partial charge in [0.1, 0.15) is 4.90 Å². The van der Waals surface area contributed by atoms with Crippen LogP contribution in [0.4, 0.5) is 11.4 Å². The molecule has 4 aromatic rings. The Bertz CT molecular complexity index is 1750.